The molecular weight excluding hydrogens is 320 g/mol. The van der Waals surface area contributed by atoms with Gasteiger partial charge in [0.1, 0.15) is 0 Å². The van der Waals surface area contributed by atoms with Gasteiger partial charge in [-0.25, -0.2) is 17.7 Å². The highest BCUT2D eigenvalue weighted by Gasteiger charge is 2.47. The second-order valence-corrected chi connectivity index (χ2v) is 9.93. The monoisotopic (exact) mass is 342 g/mol. The van der Waals surface area contributed by atoms with E-state index in [1.165, 1.54) is 0 Å². The third kappa shape index (κ3) is 2.72. The summed E-state index contributed by atoms with van der Waals surface area (Å²) in [4.78, 5) is 4.53. The molecule has 3 heterocycles. The summed E-state index contributed by atoms with van der Waals surface area (Å²) in [6.45, 7) is 4.02. The van der Waals surface area contributed by atoms with E-state index in [0.717, 1.165) is 36.4 Å². The summed E-state index contributed by atoms with van der Waals surface area (Å²) >= 11 is 1.70. The molecule has 0 amide bonds. The molecule has 3 aliphatic rings. The molecule has 1 aromatic heterocycles. The van der Waals surface area contributed by atoms with Crippen LogP contribution in [0.25, 0.3) is 0 Å². The molecule has 22 heavy (non-hydrogen) atoms. The van der Waals surface area contributed by atoms with Gasteiger partial charge >= 0.3 is 0 Å². The quantitative estimate of drug-likeness (QED) is 0.837. The Labute approximate surface area is 135 Å². The molecule has 0 aromatic carbocycles. The summed E-state index contributed by atoms with van der Waals surface area (Å²) in [5.41, 5.74) is 1.07. The number of piperidine rings is 1. The second-order valence-electron chi connectivity index (χ2n) is 6.77. The first-order valence-electron chi connectivity index (χ1n) is 8.05. The number of rotatable bonds is 4. The second kappa shape index (κ2) is 5.54. The third-order valence-electron chi connectivity index (χ3n) is 5.11. The first kappa shape index (κ1) is 15.1. The highest BCUT2D eigenvalue weighted by atomic mass is 32.2. The first-order valence-corrected chi connectivity index (χ1v) is 10.4. The predicted molar refractivity (Wildman–Crippen MR) is 85.4 cm³/mol. The van der Waals surface area contributed by atoms with Gasteiger partial charge in [0.05, 0.1) is 23.0 Å². The highest BCUT2D eigenvalue weighted by Crippen LogP contribution is 2.39. The van der Waals surface area contributed by atoms with Crippen LogP contribution < -0.4 is 0 Å². The van der Waals surface area contributed by atoms with Gasteiger partial charge in [0.2, 0.25) is 10.0 Å². The fraction of sp³-hybridized carbons (Fsp3) is 0.800. The molecule has 2 aliphatic heterocycles. The molecule has 0 radical (unpaired) electrons. The van der Waals surface area contributed by atoms with Gasteiger partial charge in [-0.05, 0) is 32.1 Å². The van der Waals surface area contributed by atoms with Crippen LogP contribution in [0, 0.1) is 18.8 Å². The lowest BCUT2D eigenvalue weighted by molar-refractivity contribution is 0.0882. The topological polar surface area (TPSA) is 59.5 Å². The molecular formula is C15H22N2O3S2. The molecule has 0 N–H and O–H groups in total. The van der Waals surface area contributed by atoms with Crippen LogP contribution in [0.2, 0.25) is 0 Å². The van der Waals surface area contributed by atoms with E-state index in [2.05, 4.69) is 10.4 Å². The zero-order valence-corrected chi connectivity index (χ0v) is 14.4. The van der Waals surface area contributed by atoms with Crippen molar-refractivity contribution in [1.82, 2.24) is 9.29 Å². The Kier molecular flexibility index (Phi) is 3.79. The number of fused-ring (bicyclic) bond motifs is 1. The van der Waals surface area contributed by atoms with Gasteiger partial charge in [-0.15, -0.1) is 11.3 Å². The fourth-order valence-corrected chi connectivity index (χ4v) is 6.47. The predicted octanol–water partition coefficient (Wildman–Crippen LogP) is 1.82. The lowest BCUT2D eigenvalue weighted by Gasteiger charge is -2.34. The Hall–Kier alpha value is -0.500. The number of ether oxygens (including phenoxy) is 1. The molecule has 0 bridgehead atoms. The van der Waals surface area contributed by atoms with Gasteiger partial charge in [0.25, 0.3) is 0 Å². The minimum Gasteiger partial charge on any atom is -0.377 e. The van der Waals surface area contributed by atoms with Crippen molar-refractivity contribution in [2.75, 3.05) is 19.7 Å². The van der Waals surface area contributed by atoms with E-state index in [-0.39, 0.29) is 11.4 Å². The zero-order chi connectivity index (χ0) is 15.3. The number of hydrogen-bond donors (Lipinski definition) is 0. The average Bonchev–Trinajstić information content (AvgIpc) is 3.18. The summed E-state index contributed by atoms with van der Waals surface area (Å²) in [6, 6.07) is 0. The molecule has 0 unspecified atom stereocenters. The van der Waals surface area contributed by atoms with Crippen molar-refractivity contribution in [2.24, 2.45) is 11.8 Å². The molecule has 0 spiro atoms. The molecule has 5 nitrogen and oxygen atoms in total. The van der Waals surface area contributed by atoms with Crippen LogP contribution in [0.15, 0.2) is 5.38 Å². The molecule has 122 valence electrons. The largest absolute Gasteiger partial charge is 0.377 e. The Morgan fingerprint density at radius 2 is 2.23 bits per heavy atom. The SMILES string of the molecule is Cc1csc(C[C@@H]2OC[C@@H]3CN(S(=O)(=O)C4CC4)CC[C@@H]32)n1. The molecule has 3 fully saturated rings. The number of aryl methyl sites for hydroxylation is 1. The first-order chi connectivity index (χ1) is 10.5. The Bertz CT molecular complexity index is 653. The van der Waals surface area contributed by atoms with Crippen LogP contribution >= 0.6 is 11.3 Å². The molecule has 4 rings (SSSR count). The molecule has 1 aliphatic carbocycles. The van der Waals surface area contributed by atoms with Gasteiger partial charge in [0.15, 0.2) is 0 Å². The lowest BCUT2D eigenvalue weighted by atomic mass is 9.84. The van der Waals surface area contributed by atoms with Crippen molar-refractivity contribution >= 4 is 21.4 Å². The van der Waals surface area contributed by atoms with E-state index in [9.17, 15) is 8.42 Å². The lowest BCUT2D eigenvalue weighted by Crippen LogP contribution is -2.45. The van der Waals surface area contributed by atoms with E-state index in [1.54, 1.807) is 15.6 Å². The van der Waals surface area contributed by atoms with Crippen LogP contribution in [0.3, 0.4) is 0 Å². The van der Waals surface area contributed by atoms with Gasteiger partial charge in [-0.3, -0.25) is 0 Å². The van der Waals surface area contributed by atoms with Crippen molar-refractivity contribution in [3.63, 3.8) is 0 Å². The van der Waals surface area contributed by atoms with Gasteiger partial charge in [-0.1, -0.05) is 0 Å². The Balaban J connectivity index is 1.41. The summed E-state index contributed by atoms with van der Waals surface area (Å²) in [6.07, 6.45) is 3.69. The zero-order valence-electron chi connectivity index (χ0n) is 12.8. The number of sulfonamides is 1. The fourth-order valence-electron chi connectivity index (χ4n) is 3.74. The number of aromatic nitrogens is 1. The molecule has 3 atom stereocenters. The van der Waals surface area contributed by atoms with Crippen molar-refractivity contribution < 1.29 is 13.2 Å². The van der Waals surface area contributed by atoms with Gasteiger partial charge in [0, 0.05) is 36.5 Å². The Morgan fingerprint density at radius 1 is 1.41 bits per heavy atom. The van der Waals surface area contributed by atoms with Crippen LogP contribution in [-0.2, 0) is 21.2 Å². The van der Waals surface area contributed by atoms with Crippen LogP contribution in [0.4, 0.5) is 0 Å². The van der Waals surface area contributed by atoms with Crippen molar-refractivity contribution in [3.05, 3.63) is 16.1 Å². The number of hydrogen-bond acceptors (Lipinski definition) is 5. The smallest absolute Gasteiger partial charge is 0.216 e. The van der Waals surface area contributed by atoms with Crippen LogP contribution in [-0.4, -0.2) is 48.8 Å². The van der Waals surface area contributed by atoms with E-state index in [4.69, 9.17) is 4.74 Å². The maximum absolute atomic E-state index is 12.4. The highest BCUT2D eigenvalue weighted by molar-refractivity contribution is 7.90. The Morgan fingerprint density at radius 3 is 2.91 bits per heavy atom. The molecule has 7 heteroatoms. The van der Waals surface area contributed by atoms with Crippen LogP contribution in [0.5, 0.6) is 0 Å². The number of nitrogens with zero attached hydrogens (tertiary/aromatic N) is 2. The maximum Gasteiger partial charge on any atom is 0.216 e. The standard InChI is InChI=1S/C15H22N2O3S2/c1-10-9-21-15(16-10)6-14-13-4-5-17(7-11(13)8-20-14)22(18,19)12-2-3-12/h9,11-14H,2-8H2,1H3/t11-,13-,14-/m0/s1. The van der Waals surface area contributed by atoms with Gasteiger partial charge in [-0.2, -0.15) is 0 Å². The molecule has 1 aromatic rings. The normalized spacial score (nSPS) is 33.0. The molecule has 1 saturated carbocycles. The minimum atomic E-state index is -3.03. The summed E-state index contributed by atoms with van der Waals surface area (Å²) in [5, 5.41) is 3.11. The van der Waals surface area contributed by atoms with Crippen LogP contribution in [0.1, 0.15) is 30.0 Å². The summed E-state index contributed by atoms with van der Waals surface area (Å²) in [5.74, 6) is 0.836. The van der Waals surface area contributed by atoms with Crippen molar-refractivity contribution in [3.8, 4) is 0 Å². The maximum atomic E-state index is 12.4. The summed E-state index contributed by atoms with van der Waals surface area (Å²) in [7, 11) is -3.03. The van der Waals surface area contributed by atoms with Crippen molar-refractivity contribution in [2.45, 2.75) is 44.0 Å². The molecule has 2 saturated heterocycles. The van der Waals surface area contributed by atoms with E-state index >= 15 is 0 Å². The van der Waals surface area contributed by atoms with E-state index < -0.39 is 10.0 Å². The third-order valence-corrected chi connectivity index (χ3v) is 8.46. The van der Waals surface area contributed by atoms with Crippen molar-refractivity contribution in [1.29, 1.82) is 0 Å². The van der Waals surface area contributed by atoms with E-state index in [0.29, 0.717) is 31.5 Å². The minimum absolute atomic E-state index is 0.0968. The average molecular weight is 342 g/mol. The summed E-state index contributed by atoms with van der Waals surface area (Å²) < 4.78 is 32.5. The van der Waals surface area contributed by atoms with Gasteiger partial charge < -0.3 is 4.74 Å². The number of thiazole rings is 1. The van der Waals surface area contributed by atoms with E-state index in [1.807, 2.05) is 6.92 Å².